The molecule has 3 saturated carbocycles. The second-order valence-electron chi connectivity index (χ2n) is 9.93. The second kappa shape index (κ2) is 7.46. The van der Waals surface area contributed by atoms with E-state index in [0.29, 0.717) is 5.82 Å². The Bertz CT molecular complexity index is 1540. The lowest BCUT2D eigenvalue weighted by Gasteiger charge is -2.70. The van der Waals surface area contributed by atoms with Crippen LogP contribution in [0.1, 0.15) is 19.3 Å². The highest BCUT2D eigenvalue weighted by molar-refractivity contribution is 7.88. The molecule has 0 spiro atoms. The molecule has 0 unspecified atom stereocenters. The van der Waals surface area contributed by atoms with Gasteiger partial charge in [-0.1, -0.05) is 18.2 Å². The first-order valence-electron chi connectivity index (χ1n) is 11.3. The van der Waals surface area contributed by atoms with E-state index in [1.807, 2.05) is 57.1 Å². The number of hydrogen-bond acceptors (Lipinski definition) is 7. The summed E-state index contributed by atoms with van der Waals surface area (Å²) in [5.41, 5.74) is 4.25. The fraction of sp³-hybridized carbons (Fsp3) is 0.333. The number of aryl methyl sites for hydroxylation is 2. The molecule has 0 aliphatic heterocycles. The lowest BCUT2D eigenvalue weighted by Crippen LogP contribution is -2.81. The Balaban J connectivity index is 1.34. The monoisotopic (exact) mass is 490 g/mol. The number of hydrogen-bond donors (Lipinski definition) is 2. The third-order valence-corrected chi connectivity index (χ3v) is 7.58. The maximum atomic E-state index is 11.7. The molecule has 3 aliphatic carbocycles. The minimum absolute atomic E-state index is 0.169. The van der Waals surface area contributed by atoms with E-state index in [0.717, 1.165) is 52.9 Å². The van der Waals surface area contributed by atoms with Crippen molar-refractivity contribution in [3.63, 3.8) is 0 Å². The zero-order valence-corrected chi connectivity index (χ0v) is 20.5. The van der Waals surface area contributed by atoms with E-state index in [2.05, 4.69) is 31.3 Å². The lowest BCUT2D eigenvalue weighted by atomic mass is 9.44. The van der Waals surface area contributed by atoms with Gasteiger partial charge in [0.1, 0.15) is 5.82 Å². The molecule has 3 heterocycles. The summed E-state index contributed by atoms with van der Waals surface area (Å²) in [4.78, 5) is 9.62. The van der Waals surface area contributed by atoms with Crippen molar-refractivity contribution in [2.45, 2.75) is 30.3 Å². The molecule has 35 heavy (non-hydrogen) atoms. The Hall–Kier alpha value is -3.57. The number of anilines is 1. The van der Waals surface area contributed by atoms with Crippen LogP contribution < -0.4 is 10.0 Å². The summed E-state index contributed by atoms with van der Waals surface area (Å²) < 4.78 is 29.8. The summed E-state index contributed by atoms with van der Waals surface area (Å²) in [5, 5.41) is 12.2. The maximum Gasteiger partial charge on any atom is 0.209 e. The Morgan fingerprint density at radius 2 is 1.54 bits per heavy atom. The molecule has 3 aromatic heterocycles. The van der Waals surface area contributed by atoms with E-state index in [1.54, 1.807) is 15.6 Å². The van der Waals surface area contributed by atoms with Crippen molar-refractivity contribution in [2.24, 2.45) is 14.1 Å². The van der Waals surface area contributed by atoms with Crippen molar-refractivity contribution in [3.8, 4) is 33.6 Å². The van der Waals surface area contributed by atoms with Crippen molar-refractivity contribution in [3.05, 3.63) is 55.2 Å². The van der Waals surface area contributed by atoms with Crippen molar-refractivity contribution in [2.75, 3.05) is 11.6 Å². The highest BCUT2D eigenvalue weighted by Crippen LogP contribution is 2.62. The van der Waals surface area contributed by atoms with Gasteiger partial charge < -0.3 is 5.32 Å². The van der Waals surface area contributed by atoms with Crippen molar-refractivity contribution >= 4 is 15.8 Å². The molecule has 0 radical (unpaired) electrons. The van der Waals surface area contributed by atoms with Gasteiger partial charge in [-0.05, 0) is 30.9 Å². The molecule has 7 rings (SSSR count). The van der Waals surface area contributed by atoms with E-state index in [4.69, 9.17) is 4.98 Å². The zero-order chi connectivity index (χ0) is 24.4. The summed E-state index contributed by atoms with van der Waals surface area (Å²) in [6.45, 7) is 0. The Kier molecular flexibility index (Phi) is 4.68. The molecule has 3 aliphatic rings. The van der Waals surface area contributed by atoms with Crippen molar-refractivity contribution in [1.82, 2.24) is 34.3 Å². The molecule has 0 amide bonds. The van der Waals surface area contributed by atoms with Crippen LogP contribution in [0.4, 0.5) is 5.82 Å². The topological polar surface area (TPSA) is 120 Å². The molecular weight excluding hydrogens is 464 g/mol. The third kappa shape index (κ3) is 4.00. The first-order valence-corrected chi connectivity index (χ1v) is 13.2. The van der Waals surface area contributed by atoms with Crippen LogP contribution in [-0.4, -0.2) is 55.3 Å². The minimum atomic E-state index is -3.24. The average molecular weight is 491 g/mol. The molecule has 180 valence electrons. The number of nitrogens with one attached hydrogen (secondary N) is 2. The molecule has 2 N–H and O–H groups in total. The Morgan fingerprint density at radius 3 is 2.17 bits per heavy atom. The molecule has 4 aromatic rings. The molecule has 10 nitrogen and oxygen atoms in total. The number of nitrogens with zero attached hydrogens (tertiary/aromatic N) is 6. The fourth-order valence-corrected chi connectivity index (χ4v) is 6.47. The van der Waals surface area contributed by atoms with Gasteiger partial charge >= 0.3 is 0 Å². The first-order chi connectivity index (χ1) is 16.6. The zero-order valence-electron chi connectivity index (χ0n) is 19.7. The quantitative estimate of drug-likeness (QED) is 0.409. The Labute approximate surface area is 203 Å². The predicted octanol–water partition coefficient (Wildman–Crippen LogP) is 2.58. The van der Waals surface area contributed by atoms with E-state index in [-0.39, 0.29) is 11.1 Å². The van der Waals surface area contributed by atoms with Gasteiger partial charge in [-0.25, -0.2) is 23.1 Å². The van der Waals surface area contributed by atoms with Gasteiger partial charge in [-0.15, -0.1) is 0 Å². The van der Waals surface area contributed by atoms with Gasteiger partial charge in [-0.3, -0.25) is 9.36 Å². The minimum Gasteiger partial charge on any atom is -0.364 e. The van der Waals surface area contributed by atoms with E-state index < -0.39 is 10.0 Å². The smallest absolute Gasteiger partial charge is 0.209 e. The van der Waals surface area contributed by atoms with Gasteiger partial charge in [0.2, 0.25) is 10.0 Å². The first kappa shape index (κ1) is 21.9. The highest BCUT2D eigenvalue weighted by atomic mass is 32.2. The molecule has 0 atom stereocenters. The van der Waals surface area contributed by atoms with Crippen LogP contribution in [0.15, 0.2) is 55.2 Å². The van der Waals surface area contributed by atoms with Gasteiger partial charge in [0.25, 0.3) is 0 Å². The van der Waals surface area contributed by atoms with E-state index in [9.17, 15) is 8.42 Å². The number of rotatable bonds is 7. The summed E-state index contributed by atoms with van der Waals surface area (Å²) in [6.07, 6.45) is 12.8. The summed E-state index contributed by atoms with van der Waals surface area (Å²) >= 11 is 0. The normalized spacial score (nSPS) is 22.9. The molecule has 0 saturated heterocycles. The maximum absolute atomic E-state index is 11.7. The molecule has 1 aromatic carbocycles. The SMILES string of the molecule is Cn1cc(-c2cccc(-c3ncc(-c4cnn(C)c4)c(NC45CC(NS(C)(=O)=O)(C4)C5)n3)c2)cn1. The van der Waals surface area contributed by atoms with Crippen LogP contribution >= 0.6 is 0 Å². The highest BCUT2D eigenvalue weighted by Gasteiger charge is 2.69. The van der Waals surface area contributed by atoms with E-state index in [1.165, 1.54) is 6.26 Å². The van der Waals surface area contributed by atoms with Crippen LogP contribution in [0.5, 0.6) is 0 Å². The van der Waals surface area contributed by atoms with Crippen LogP contribution in [-0.2, 0) is 24.1 Å². The average Bonchev–Trinajstić information content (AvgIpc) is 3.39. The van der Waals surface area contributed by atoms with E-state index >= 15 is 0 Å². The van der Waals surface area contributed by atoms with Crippen LogP contribution in [0, 0.1) is 0 Å². The summed E-state index contributed by atoms with van der Waals surface area (Å²) in [7, 11) is 0.526. The molecule has 3 fully saturated rings. The summed E-state index contributed by atoms with van der Waals surface area (Å²) in [5.74, 6) is 1.34. The van der Waals surface area contributed by atoms with Gasteiger partial charge in [0.05, 0.1) is 18.6 Å². The fourth-order valence-electron chi connectivity index (χ4n) is 5.47. The predicted molar refractivity (Wildman–Crippen MR) is 133 cm³/mol. The van der Waals surface area contributed by atoms with Crippen molar-refractivity contribution < 1.29 is 8.42 Å². The summed E-state index contributed by atoms with van der Waals surface area (Å²) in [6, 6.07) is 8.09. The number of benzene rings is 1. The van der Waals surface area contributed by atoms with Crippen molar-refractivity contribution in [1.29, 1.82) is 0 Å². The van der Waals surface area contributed by atoms with Crippen LogP contribution in [0.25, 0.3) is 33.6 Å². The van der Waals surface area contributed by atoms with Crippen LogP contribution in [0.3, 0.4) is 0 Å². The Morgan fingerprint density at radius 1 is 0.886 bits per heavy atom. The number of aromatic nitrogens is 6. The lowest BCUT2D eigenvalue weighted by molar-refractivity contribution is -0.0456. The largest absolute Gasteiger partial charge is 0.364 e. The standard InChI is InChI=1S/C24H26N8O2S/c1-31-11-18(8-26-31)16-5-4-6-17(7-16)21-25-10-20(19-9-27-32(2)12-19)22(28-21)29-23-13-24(14-23,15-23)30-35(3,33)34/h4-12,30H,13-15H2,1-3H3,(H,25,28,29). The molecule has 2 bridgehead atoms. The molecular formula is C24H26N8O2S. The van der Waals surface area contributed by atoms with Gasteiger partial charge in [-0.2, -0.15) is 10.2 Å². The number of sulfonamides is 1. The molecule has 11 heteroatoms. The van der Waals surface area contributed by atoms with Crippen LogP contribution in [0.2, 0.25) is 0 Å². The third-order valence-electron chi connectivity index (χ3n) is 6.78. The van der Waals surface area contributed by atoms with Gasteiger partial charge in [0.15, 0.2) is 5.82 Å². The second-order valence-corrected chi connectivity index (χ2v) is 11.7. The van der Waals surface area contributed by atoms with Gasteiger partial charge in [0, 0.05) is 66.0 Å².